The van der Waals surface area contributed by atoms with E-state index >= 15 is 0 Å². The lowest BCUT2D eigenvalue weighted by Crippen LogP contribution is -2.47. The van der Waals surface area contributed by atoms with Crippen molar-refractivity contribution in [2.75, 3.05) is 20.8 Å². The van der Waals surface area contributed by atoms with Crippen LogP contribution in [0.3, 0.4) is 0 Å². The normalized spacial score (nSPS) is 15.1. The number of alkyl carbamates (subject to hydrolysis) is 1. The van der Waals surface area contributed by atoms with E-state index in [1.807, 2.05) is 12.1 Å². The summed E-state index contributed by atoms with van der Waals surface area (Å²) in [5.74, 6) is -0.430. The Kier molecular flexibility index (Phi) is 11.7. The first kappa shape index (κ1) is 32.3. The molecule has 1 N–H and O–H groups in total. The van der Waals surface area contributed by atoms with Gasteiger partial charge in [-0.25, -0.2) is 19.5 Å². The number of amides is 2. The maximum absolute atomic E-state index is 13.3. The molecule has 0 unspecified atom stereocenters. The van der Waals surface area contributed by atoms with Crippen LogP contribution in [-0.2, 0) is 43.6 Å². The highest BCUT2D eigenvalue weighted by molar-refractivity contribution is 6.02. The molecule has 0 saturated carbocycles. The Bertz CT molecular complexity index is 1510. The number of hydrogen-bond acceptors (Lipinski definition) is 10. The van der Waals surface area contributed by atoms with Gasteiger partial charge in [0.2, 0.25) is 5.96 Å². The van der Waals surface area contributed by atoms with Gasteiger partial charge in [0, 0.05) is 4.91 Å². The van der Waals surface area contributed by atoms with Crippen LogP contribution in [0.2, 0.25) is 0 Å². The summed E-state index contributed by atoms with van der Waals surface area (Å²) in [4.78, 5) is 47.2. The molecule has 45 heavy (non-hydrogen) atoms. The van der Waals surface area contributed by atoms with Crippen LogP contribution in [0.5, 0.6) is 5.75 Å². The first-order valence-corrected chi connectivity index (χ1v) is 13.8. The van der Waals surface area contributed by atoms with E-state index in [4.69, 9.17) is 23.7 Å². The van der Waals surface area contributed by atoms with Gasteiger partial charge in [0.15, 0.2) is 6.04 Å². The highest BCUT2D eigenvalue weighted by Crippen LogP contribution is 2.23. The van der Waals surface area contributed by atoms with Gasteiger partial charge in [0.25, 0.3) is 0 Å². The summed E-state index contributed by atoms with van der Waals surface area (Å²) in [7, 11) is 2.68. The molecule has 1 aliphatic heterocycles. The second-order valence-corrected chi connectivity index (χ2v) is 9.65. The monoisotopic (exact) mass is 616 g/mol. The molecule has 3 atom stereocenters. The van der Waals surface area contributed by atoms with Crippen LogP contribution in [0.15, 0.2) is 95.0 Å². The Morgan fingerprint density at radius 3 is 2.09 bits per heavy atom. The third kappa shape index (κ3) is 9.20. The van der Waals surface area contributed by atoms with E-state index in [1.165, 1.54) is 0 Å². The van der Waals surface area contributed by atoms with Crippen molar-refractivity contribution < 1.29 is 38.1 Å². The average Bonchev–Trinajstić information content (AvgIpc) is 3.49. The molecule has 14 nitrogen and oxygen atoms in total. The van der Waals surface area contributed by atoms with E-state index in [9.17, 15) is 19.9 Å². The number of guanidine groups is 1. The van der Waals surface area contributed by atoms with E-state index in [1.54, 1.807) is 79.9 Å². The van der Waals surface area contributed by atoms with Crippen molar-refractivity contribution in [3.05, 3.63) is 112 Å². The molecule has 234 valence electrons. The molecule has 2 amide bonds. The van der Waals surface area contributed by atoms with Gasteiger partial charge in [-0.1, -0.05) is 77.9 Å². The smallest absolute Gasteiger partial charge is 0.417 e. The van der Waals surface area contributed by atoms with Crippen LogP contribution in [0.1, 0.15) is 16.7 Å². The SMILES string of the molecule is COC(=O)[C@@H](N=[N+]=[N-])[C@@H](OCc1ccc(OC)cc1)[C@@H]1CN(C(=O)OCc2ccccc2)C(NC(=O)OCc2ccccc2)=N1. The van der Waals surface area contributed by atoms with Crippen molar-refractivity contribution in [2.24, 2.45) is 10.1 Å². The van der Waals surface area contributed by atoms with Gasteiger partial charge in [0.1, 0.15) is 25.1 Å². The third-order valence-electron chi connectivity index (χ3n) is 6.68. The van der Waals surface area contributed by atoms with Gasteiger partial charge in [-0.3, -0.25) is 10.1 Å². The standard InChI is InChI=1S/C31H32N6O8/c1-41-24-15-13-23(14-16-24)18-43-27(26(35-36-32)28(38)42-2)25-17-37(31(40)45-20-22-11-7-4-8-12-22)29(33-25)34-30(39)44-19-21-9-5-3-6-10-21/h3-16,25-27H,17-20H2,1-2H3,(H,33,34,39)/t25-,26-,27-/m0/s1. The van der Waals surface area contributed by atoms with E-state index in [2.05, 4.69) is 20.3 Å². The van der Waals surface area contributed by atoms with E-state index in [-0.39, 0.29) is 32.3 Å². The van der Waals surface area contributed by atoms with E-state index < -0.39 is 36.3 Å². The number of benzene rings is 3. The maximum atomic E-state index is 13.3. The van der Waals surface area contributed by atoms with Gasteiger partial charge < -0.3 is 23.7 Å². The van der Waals surface area contributed by atoms with Gasteiger partial charge >= 0.3 is 18.2 Å². The van der Waals surface area contributed by atoms with Crippen LogP contribution in [0.4, 0.5) is 9.59 Å². The molecule has 0 spiro atoms. The van der Waals surface area contributed by atoms with Gasteiger partial charge in [-0.15, -0.1) is 0 Å². The minimum Gasteiger partial charge on any atom is -0.497 e. The zero-order valence-electron chi connectivity index (χ0n) is 24.6. The minimum absolute atomic E-state index is 0.0184. The lowest BCUT2D eigenvalue weighted by atomic mass is 10.0. The molecule has 3 aromatic carbocycles. The molecular formula is C31H32N6O8. The van der Waals surface area contributed by atoms with Crippen molar-refractivity contribution in [1.29, 1.82) is 0 Å². The number of rotatable bonds is 12. The molecule has 1 aliphatic rings. The maximum Gasteiger partial charge on any atom is 0.417 e. The Hall–Kier alpha value is -5.59. The predicted octanol–water partition coefficient (Wildman–Crippen LogP) is 4.74. The fourth-order valence-corrected chi connectivity index (χ4v) is 4.38. The molecule has 3 aromatic rings. The molecule has 14 heteroatoms. The van der Waals surface area contributed by atoms with Crippen molar-refractivity contribution in [3.8, 4) is 5.75 Å². The van der Waals surface area contributed by atoms with Crippen LogP contribution >= 0.6 is 0 Å². The number of azide groups is 1. The largest absolute Gasteiger partial charge is 0.497 e. The lowest BCUT2D eigenvalue weighted by Gasteiger charge is -2.26. The van der Waals surface area contributed by atoms with Crippen molar-refractivity contribution in [1.82, 2.24) is 10.2 Å². The molecule has 0 aliphatic carbocycles. The number of nitrogens with one attached hydrogen (secondary N) is 1. The summed E-state index contributed by atoms with van der Waals surface area (Å²) in [6.45, 7) is -0.288. The van der Waals surface area contributed by atoms with Gasteiger partial charge in [-0.2, -0.15) is 0 Å². The number of nitrogens with zero attached hydrogens (tertiary/aromatic N) is 5. The third-order valence-corrected chi connectivity index (χ3v) is 6.68. The molecular weight excluding hydrogens is 584 g/mol. The second kappa shape index (κ2) is 16.3. The van der Waals surface area contributed by atoms with Crippen LogP contribution in [0, 0.1) is 0 Å². The van der Waals surface area contributed by atoms with E-state index in [0.717, 1.165) is 23.1 Å². The summed E-state index contributed by atoms with van der Waals surface area (Å²) in [6, 6.07) is 22.6. The highest BCUT2D eigenvalue weighted by atomic mass is 16.6. The summed E-state index contributed by atoms with van der Waals surface area (Å²) in [5, 5.41) is 6.11. The summed E-state index contributed by atoms with van der Waals surface area (Å²) >= 11 is 0. The summed E-state index contributed by atoms with van der Waals surface area (Å²) in [6.07, 6.45) is -2.91. The number of esters is 1. The number of carbonyl (C=O) groups is 3. The van der Waals surface area contributed by atoms with Crippen LogP contribution < -0.4 is 10.1 Å². The first-order valence-electron chi connectivity index (χ1n) is 13.8. The number of hydrogen-bond donors (Lipinski definition) is 1. The number of methoxy groups -OCH3 is 2. The quantitative estimate of drug-likeness (QED) is 0.0999. The van der Waals surface area contributed by atoms with Gasteiger partial charge in [0.05, 0.1) is 33.4 Å². The fourth-order valence-electron chi connectivity index (χ4n) is 4.38. The average molecular weight is 617 g/mol. The molecule has 1 heterocycles. The zero-order chi connectivity index (χ0) is 32.0. The molecule has 0 bridgehead atoms. The molecule has 0 aromatic heterocycles. The Labute approximate surface area is 259 Å². The topological polar surface area (TPSA) is 174 Å². The van der Waals surface area contributed by atoms with E-state index in [0.29, 0.717) is 11.3 Å². The number of aliphatic imine (C=N–C) groups is 1. The minimum atomic E-state index is -1.47. The first-order chi connectivity index (χ1) is 21.9. The van der Waals surface area contributed by atoms with Crippen molar-refractivity contribution in [2.45, 2.75) is 38.0 Å². The number of ether oxygens (including phenoxy) is 5. The fraction of sp³-hybridized carbons (Fsp3) is 0.290. The van der Waals surface area contributed by atoms with Crippen molar-refractivity contribution in [3.63, 3.8) is 0 Å². The molecule has 4 rings (SSSR count). The Morgan fingerprint density at radius 2 is 1.51 bits per heavy atom. The molecule has 0 saturated heterocycles. The number of carbonyl (C=O) groups excluding carboxylic acids is 3. The molecule has 0 radical (unpaired) electrons. The summed E-state index contributed by atoms with van der Waals surface area (Å²) < 4.78 is 27.0. The molecule has 0 fully saturated rings. The Balaban J connectivity index is 1.58. The zero-order valence-corrected chi connectivity index (χ0v) is 24.6. The highest BCUT2D eigenvalue weighted by Gasteiger charge is 2.43. The Morgan fingerprint density at radius 1 is 0.911 bits per heavy atom. The van der Waals surface area contributed by atoms with Gasteiger partial charge in [-0.05, 0) is 34.4 Å². The van der Waals surface area contributed by atoms with Crippen LogP contribution in [0.25, 0.3) is 10.4 Å². The summed E-state index contributed by atoms with van der Waals surface area (Å²) in [5.41, 5.74) is 11.5. The second-order valence-electron chi connectivity index (χ2n) is 9.65. The predicted molar refractivity (Wildman–Crippen MR) is 161 cm³/mol. The van der Waals surface area contributed by atoms with Crippen molar-refractivity contribution >= 4 is 24.1 Å². The lowest BCUT2D eigenvalue weighted by molar-refractivity contribution is -0.147. The van der Waals surface area contributed by atoms with Crippen LogP contribution in [-0.4, -0.2) is 68.0 Å².